The summed E-state index contributed by atoms with van der Waals surface area (Å²) in [4.78, 5) is 0. The van der Waals surface area contributed by atoms with Crippen LogP contribution in [0.4, 0.5) is 0 Å². The minimum Gasteiger partial charge on any atom is -0.382 e. The van der Waals surface area contributed by atoms with Crippen molar-refractivity contribution in [3.63, 3.8) is 0 Å². The van der Waals surface area contributed by atoms with Gasteiger partial charge in [-0.05, 0) is 24.1 Å². The van der Waals surface area contributed by atoms with Crippen molar-refractivity contribution in [1.82, 2.24) is 9.78 Å². The molecule has 0 fully saturated rings. The van der Waals surface area contributed by atoms with Crippen LogP contribution < -0.4 is 0 Å². The zero-order valence-electron chi connectivity index (χ0n) is 10.5. The molecule has 0 saturated heterocycles. The van der Waals surface area contributed by atoms with Crippen molar-refractivity contribution in [2.45, 2.75) is 26.0 Å². The van der Waals surface area contributed by atoms with Crippen LogP contribution in [0.5, 0.6) is 0 Å². The average molecular weight is 276 g/mol. The Morgan fingerprint density at radius 3 is 3.00 bits per heavy atom. The van der Waals surface area contributed by atoms with Gasteiger partial charge in [0, 0.05) is 6.54 Å². The van der Waals surface area contributed by atoms with Crippen LogP contribution in [0.25, 0.3) is 0 Å². The van der Waals surface area contributed by atoms with E-state index in [0.717, 1.165) is 6.42 Å². The molecule has 98 valence electrons. The quantitative estimate of drug-likeness (QED) is 0.933. The third-order valence-electron chi connectivity index (χ3n) is 2.86. The Labute approximate surface area is 116 Å². The molecule has 0 amide bonds. The summed E-state index contributed by atoms with van der Waals surface area (Å²) >= 11 is 6.09. The number of aromatic nitrogens is 2. The molecule has 1 N–H and O–H groups in total. The van der Waals surface area contributed by atoms with Crippen LogP contribution in [0, 0.1) is 11.3 Å². The van der Waals surface area contributed by atoms with Crippen molar-refractivity contribution >= 4 is 11.6 Å². The van der Waals surface area contributed by atoms with Crippen LogP contribution >= 0.6 is 11.6 Å². The summed E-state index contributed by atoms with van der Waals surface area (Å²) < 4.78 is 1.70. The zero-order chi connectivity index (χ0) is 13.8. The normalized spacial score (nSPS) is 12.1. The van der Waals surface area contributed by atoms with Crippen molar-refractivity contribution in [2.24, 2.45) is 0 Å². The van der Waals surface area contributed by atoms with Gasteiger partial charge in [0.2, 0.25) is 0 Å². The lowest BCUT2D eigenvalue weighted by molar-refractivity contribution is 0.207. The Hall–Kier alpha value is -1.83. The molecular formula is C14H14ClN3O. The number of rotatable bonds is 4. The van der Waals surface area contributed by atoms with Gasteiger partial charge in [-0.1, -0.05) is 30.7 Å². The van der Waals surface area contributed by atoms with Crippen LogP contribution in [-0.2, 0) is 6.54 Å². The van der Waals surface area contributed by atoms with Gasteiger partial charge in [0.15, 0.2) is 0 Å². The van der Waals surface area contributed by atoms with Crippen LogP contribution in [-0.4, -0.2) is 14.9 Å². The summed E-state index contributed by atoms with van der Waals surface area (Å²) in [6.07, 6.45) is 1.55. The average Bonchev–Trinajstić information content (AvgIpc) is 2.79. The Morgan fingerprint density at radius 1 is 1.53 bits per heavy atom. The van der Waals surface area contributed by atoms with Crippen LogP contribution in [0.2, 0.25) is 5.02 Å². The molecule has 19 heavy (non-hydrogen) atoms. The highest BCUT2D eigenvalue weighted by Gasteiger charge is 2.19. The highest BCUT2D eigenvalue weighted by atomic mass is 35.5. The number of aliphatic hydroxyl groups excluding tert-OH is 1. The topological polar surface area (TPSA) is 61.8 Å². The fourth-order valence-corrected chi connectivity index (χ4v) is 2.21. The predicted octanol–water partition coefficient (Wildman–Crippen LogP) is 2.90. The first kappa shape index (κ1) is 13.6. The van der Waals surface area contributed by atoms with E-state index in [1.54, 1.807) is 28.9 Å². The van der Waals surface area contributed by atoms with Crippen LogP contribution in [0.3, 0.4) is 0 Å². The first-order valence-corrected chi connectivity index (χ1v) is 6.44. The van der Waals surface area contributed by atoms with Gasteiger partial charge in [-0.25, -0.2) is 0 Å². The minimum absolute atomic E-state index is 0.434. The number of nitrogens with zero attached hydrogens (tertiary/aromatic N) is 3. The molecular weight excluding hydrogens is 262 g/mol. The van der Waals surface area contributed by atoms with Gasteiger partial charge in [0.05, 0.1) is 28.5 Å². The second kappa shape index (κ2) is 5.87. The fraction of sp³-hybridized carbons (Fsp3) is 0.286. The standard InChI is InChI=1S/C14H14ClN3O/c1-2-6-18-13(12(15)9-17-18)14(19)11-5-3-4-10(7-11)8-16/h3-5,7,9,14,19H,2,6H2,1H3. The maximum absolute atomic E-state index is 10.4. The van der Waals surface area contributed by atoms with Gasteiger partial charge < -0.3 is 5.11 Å². The molecule has 0 spiro atoms. The molecule has 1 aromatic heterocycles. The highest BCUT2D eigenvalue weighted by Crippen LogP contribution is 2.28. The summed E-state index contributed by atoms with van der Waals surface area (Å²) in [6, 6.07) is 8.92. The molecule has 0 bridgehead atoms. The molecule has 1 aromatic carbocycles. The van der Waals surface area contributed by atoms with E-state index in [1.165, 1.54) is 6.20 Å². The Bertz CT molecular complexity index is 615. The first-order valence-electron chi connectivity index (χ1n) is 6.06. The Morgan fingerprint density at radius 2 is 2.32 bits per heavy atom. The molecule has 2 aromatic rings. The lowest BCUT2D eigenvalue weighted by atomic mass is 10.0. The molecule has 0 aliphatic heterocycles. The number of aryl methyl sites for hydroxylation is 1. The maximum atomic E-state index is 10.4. The molecule has 1 unspecified atom stereocenters. The van der Waals surface area contributed by atoms with Gasteiger partial charge in [0.25, 0.3) is 0 Å². The van der Waals surface area contributed by atoms with Gasteiger partial charge in [-0.2, -0.15) is 10.4 Å². The number of nitriles is 1. The van der Waals surface area contributed by atoms with E-state index < -0.39 is 6.10 Å². The van der Waals surface area contributed by atoms with E-state index in [1.807, 2.05) is 6.92 Å². The van der Waals surface area contributed by atoms with Crippen molar-refractivity contribution in [2.75, 3.05) is 0 Å². The highest BCUT2D eigenvalue weighted by molar-refractivity contribution is 6.31. The van der Waals surface area contributed by atoms with E-state index in [-0.39, 0.29) is 0 Å². The second-order valence-electron chi connectivity index (χ2n) is 4.24. The van der Waals surface area contributed by atoms with Crippen LogP contribution in [0.1, 0.15) is 36.3 Å². The molecule has 0 aliphatic carbocycles. The van der Waals surface area contributed by atoms with Gasteiger partial charge in [0.1, 0.15) is 6.10 Å². The number of hydrogen-bond acceptors (Lipinski definition) is 3. The molecule has 0 radical (unpaired) electrons. The molecule has 1 atom stereocenters. The van der Waals surface area contributed by atoms with Gasteiger partial charge in [-0.3, -0.25) is 4.68 Å². The largest absolute Gasteiger partial charge is 0.382 e. The second-order valence-corrected chi connectivity index (χ2v) is 4.65. The van der Waals surface area contributed by atoms with E-state index >= 15 is 0 Å². The summed E-state index contributed by atoms with van der Waals surface area (Å²) in [5.41, 5.74) is 1.71. The summed E-state index contributed by atoms with van der Waals surface area (Å²) in [6.45, 7) is 2.72. The summed E-state index contributed by atoms with van der Waals surface area (Å²) in [5, 5.41) is 23.9. The van der Waals surface area contributed by atoms with Crippen molar-refractivity contribution in [1.29, 1.82) is 5.26 Å². The number of hydrogen-bond donors (Lipinski definition) is 1. The first-order chi connectivity index (χ1) is 9.17. The van der Waals surface area contributed by atoms with Crippen molar-refractivity contribution < 1.29 is 5.11 Å². The lowest BCUT2D eigenvalue weighted by Gasteiger charge is -2.14. The molecule has 5 heteroatoms. The smallest absolute Gasteiger partial charge is 0.122 e. The Kier molecular flexibility index (Phi) is 4.20. The molecule has 4 nitrogen and oxygen atoms in total. The lowest BCUT2D eigenvalue weighted by Crippen LogP contribution is -2.10. The minimum atomic E-state index is -0.880. The van der Waals surface area contributed by atoms with Crippen molar-refractivity contribution in [3.8, 4) is 6.07 Å². The van der Waals surface area contributed by atoms with E-state index in [9.17, 15) is 5.11 Å². The van der Waals surface area contributed by atoms with E-state index in [2.05, 4.69) is 11.2 Å². The maximum Gasteiger partial charge on any atom is 0.122 e. The summed E-state index contributed by atoms with van der Waals surface area (Å²) in [5.74, 6) is 0. The van der Waals surface area contributed by atoms with Crippen molar-refractivity contribution in [3.05, 3.63) is 52.3 Å². The number of benzene rings is 1. The van der Waals surface area contributed by atoms with E-state index in [0.29, 0.717) is 28.4 Å². The molecule has 1 heterocycles. The van der Waals surface area contributed by atoms with E-state index in [4.69, 9.17) is 16.9 Å². The molecule has 0 aliphatic rings. The fourth-order valence-electron chi connectivity index (χ4n) is 1.97. The third kappa shape index (κ3) is 2.78. The molecule has 0 saturated carbocycles. The SMILES string of the molecule is CCCn1ncc(Cl)c1C(O)c1cccc(C#N)c1. The zero-order valence-corrected chi connectivity index (χ0v) is 11.3. The van der Waals surface area contributed by atoms with Gasteiger partial charge in [-0.15, -0.1) is 0 Å². The predicted molar refractivity (Wildman–Crippen MR) is 72.7 cm³/mol. The number of halogens is 1. The third-order valence-corrected chi connectivity index (χ3v) is 3.15. The monoisotopic (exact) mass is 275 g/mol. The van der Waals surface area contributed by atoms with Gasteiger partial charge >= 0.3 is 0 Å². The number of aliphatic hydroxyl groups is 1. The summed E-state index contributed by atoms with van der Waals surface area (Å²) in [7, 11) is 0. The Balaban J connectivity index is 2.40. The van der Waals surface area contributed by atoms with Crippen LogP contribution in [0.15, 0.2) is 30.5 Å². The molecule has 2 rings (SSSR count).